The standard InChI is InChI=1S/C25H35N3O6/c1-25(2,3)34-24(32)26-14-11-19(12-15-26)13-16-27-21(29)17-28(23(27)31)20-8-5-18(6-9-20)7-10-22(30)33-4/h5-6,8-9,19H,7,10-17H2,1-4H3. The number of rotatable bonds is 7. The number of nitrogens with zero attached hydrogens (tertiary/aromatic N) is 3. The van der Waals surface area contributed by atoms with Crippen molar-refractivity contribution in [3.63, 3.8) is 0 Å². The Morgan fingerprint density at radius 1 is 1.06 bits per heavy atom. The topological polar surface area (TPSA) is 96.5 Å². The first-order valence-electron chi connectivity index (χ1n) is 11.8. The van der Waals surface area contributed by atoms with Crippen molar-refractivity contribution in [1.29, 1.82) is 0 Å². The van der Waals surface area contributed by atoms with Crippen molar-refractivity contribution >= 4 is 29.7 Å². The average molecular weight is 474 g/mol. The number of carbonyl (C=O) groups is 4. The molecule has 2 heterocycles. The fourth-order valence-corrected chi connectivity index (χ4v) is 4.20. The molecule has 0 saturated carbocycles. The highest BCUT2D eigenvalue weighted by molar-refractivity contribution is 6.12. The summed E-state index contributed by atoms with van der Waals surface area (Å²) >= 11 is 0. The zero-order valence-corrected chi connectivity index (χ0v) is 20.5. The minimum atomic E-state index is -0.514. The van der Waals surface area contributed by atoms with E-state index in [1.54, 1.807) is 17.0 Å². The van der Waals surface area contributed by atoms with E-state index in [4.69, 9.17) is 4.74 Å². The van der Waals surface area contributed by atoms with Crippen molar-refractivity contribution in [3.05, 3.63) is 29.8 Å². The van der Waals surface area contributed by atoms with E-state index >= 15 is 0 Å². The van der Waals surface area contributed by atoms with Gasteiger partial charge in [0.2, 0.25) is 0 Å². The Bertz CT molecular complexity index is 900. The lowest BCUT2D eigenvalue weighted by molar-refractivity contribution is -0.140. The van der Waals surface area contributed by atoms with E-state index in [2.05, 4.69) is 4.74 Å². The number of likely N-dealkylation sites (tertiary alicyclic amines) is 1. The predicted octanol–water partition coefficient (Wildman–Crippen LogP) is 3.60. The van der Waals surface area contributed by atoms with Crippen LogP contribution >= 0.6 is 0 Å². The Labute approximate surface area is 201 Å². The molecule has 9 heteroatoms. The summed E-state index contributed by atoms with van der Waals surface area (Å²) in [7, 11) is 1.36. The number of methoxy groups -OCH3 is 1. The first-order chi connectivity index (χ1) is 16.1. The number of hydrogen-bond donors (Lipinski definition) is 0. The Hall–Kier alpha value is -3.10. The van der Waals surface area contributed by atoms with Crippen LogP contribution in [0.3, 0.4) is 0 Å². The molecule has 2 aliphatic heterocycles. The van der Waals surface area contributed by atoms with Crippen LogP contribution in [-0.4, -0.2) is 72.7 Å². The second-order valence-electron chi connectivity index (χ2n) is 9.86. The maximum absolute atomic E-state index is 12.9. The van der Waals surface area contributed by atoms with Crippen LogP contribution in [-0.2, 0) is 25.5 Å². The third kappa shape index (κ3) is 6.71. The summed E-state index contributed by atoms with van der Waals surface area (Å²) < 4.78 is 10.1. The fraction of sp³-hybridized carbons (Fsp3) is 0.600. The van der Waals surface area contributed by atoms with Crippen LogP contribution in [0.25, 0.3) is 0 Å². The number of hydrogen-bond acceptors (Lipinski definition) is 6. The van der Waals surface area contributed by atoms with Crippen LogP contribution < -0.4 is 4.90 Å². The maximum Gasteiger partial charge on any atom is 0.410 e. The second-order valence-corrected chi connectivity index (χ2v) is 9.86. The van der Waals surface area contributed by atoms with E-state index < -0.39 is 5.60 Å². The first-order valence-corrected chi connectivity index (χ1v) is 11.8. The van der Waals surface area contributed by atoms with E-state index in [-0.39, 0.29) is 30.5 Å². The van der Waals surface area contributed by atoms with E-state index in [1.165, 1.54) is 16.9 Å². The van der Waals surface area contributed by atoms with E-state index in [0.29, 0.717) is 44.1 Å². The van der Waals surface area contributed by atoms with Crippen molar-refractivity contribution < 1.29 is 28.7 Å². The second kappa shape index (κ2) is 10.9. The molecule has 1 aromatic rings. The SMILES string of the molecule is COC(=O)CCc1ccc(N2CC(=O)N(CCC3CCN(C(=O)OC(C)(C)C)CC3)C2=O)cc1. The molecule has 0 atom stereocenters. The molecule has 0 radical (unpaired) electrons. The smallest absolute Gasteiger partial charge is 0.410 e. The fourth-order valence-electron chi connectivity index (χ4n) is 4.20. The highest BCUT2D eigenvalue weighted by Gasteiger charge is 2.37. The van der Waals surface area contributed by atoms with Gasteiger partial charge in [0.15, 0.2) is 0 Å². The van der Waals surface area contributed by atoms with Crippen LogP contribution in [0.2, 0.25) is 0 Å². The highest BCUT2D eigenvalue weighted by Crippen LogP contribution is 2.26. The van der Waals surface area contributed by atoms with E-state index in [9.17, 15) is 19.2 Å². The Morgan fingerprint density at radius 3 is 2.29 bits per heavy atom. The molecule has 1 aromatic carbocycles. The quantitative estimate of drug-likeness (QED) is 0.443. The van der Waals surface area contributed by atoms with Gasteiger partial charge in [-0.1, -0.05) is 12.1 Å². The molecule has 34 heavy (non-hydrogen) atoms. The van der Waals surface area contributed by atoms with Gasteiger partial charge in [-0.15, -0.1) is 0 Å². The number of anilines is 1. The zero-order valence-electron chi connectivity index (χ0n) is 20.5. The van der Waals surface area contributed by atoms with Crippen molar-refractivity contribution in [2.45, 2.75) is 58.5 Å². The molecule has 2 aliphatic rings. The first kappa shape index (κ1) is 25.5. The van der Waals surface area contributed by atoms with Crippen LogP contribution in [0, 0.1) is 5.92 Å². The van der Waals surface area contributed by atoms with Gasteiger partial charge in [0.25, 0.3) is 5.91 Å². The molecule has 2 fully saturated rings. The molecular formula is C25H35N3O6. The van der Waals surface area contributed by atoms with Crippen molar-refractivity contribution in [3.8, 4) is 0 Å². The third-order valence-electron chi connectivity index (χ3n) is 6.18. The molecule has 0 N–H and O–H groups in total. The summed E-state index contributed by atoms with van der Waals surface area (Å²) in [6.07, 6.45) is 2.93. The number of piperidine rings is 1. The number of amides is 4. The predicted molar refractivity (Wildman–Crippen MR) is 126 cm³/mol. The number of ether oxygens (including phenoxy) is 2. The van der Waals surface area contributed by atoms with Crippen LogP contribution in [0.1, 0.15) is 52.0 Å². The number of imide groups is 1. The van der Waals surface area contributed by atoms with Crippen LogP contribution in [0.15, 0.2) is 24.3 Å². The molecular weight excluding hydrogens is 438 g/mol. The molecule has 0 bridgehead atoms. The summed E-state index contributed by atoms with van der Waals surface area (Å²) in [6.45, 7) is 7.20. The van der Waals surface area contributed by atoms with E-state index in [1.807, 2.05) is 32.9 Å². The maximum atomic E-state index is 12.9. The Morgan fingerprint density at radius 2 is 1.71 bits per heavy atom. The number of urea groups is 1. The molecule has 0 unspecified atom stereocenters. The molecule has 4 amide bonds. The van der Waals surface area contributed by atoms with E-state index in [0.717, 1.165) is 24.8 Å². The van der Waals surface area contributed by atoms with Gasteiger partial charge in [0.1, 0.15) is 12.1 Å². The lowest BCUT2D eigenvalue weighted by Gasteiger charge is -2.33. The van der Waals surface area contributed by atoms with Gasteiger partial charge in [-0.25, -0.2) is 9.59 Å². The summed E-state index contributed by atoms with van der Waals surface area (Å²) in [4.78, 5) is 53.5. The van der Waals surface area contributed by atoms with Gasteiger partial charge in [0, 0.05) is 31.7 Å². The number of esters is 1. The van der Waals surface area contributed by atoms with Gasteiger partial charge in [-0.3, -0.25) is 19.4 Å². The molecule has 2 saturated heterocycles. The zero-order chi connectivity index (χ0) is 24.9. The summed E-state index contributed by atoms with van der Waals surface area (Å²) in [5, 5.41) is 0. The minimum Gasteiger partial charge on any atom is -0.469 e. The summed E-state index contributed by atoms with van der Waals surface area (Å²) in [6, 6.07) is 7.01. The Kier molecular flexibility index (Phi) is 8.17. The third-order valence-corrected chi connectivity index (χ3v) is 6.18. The van der Waals surface area contributed by atoms with Crippen LogP contribution in [0.4, 0.5) is 15.3 Å². The minimum absolute atomic E-state index is 0.0252. The van der Waals surface area contributed by atoms with Gasteiger partial charge in [-0.05, 0) is 70.1 Å². The van der Waals surface area contributed by atoms with Crippen molar-refractivity contribution in [1.82, 2.24) is 9.80 Å². The average Bonchev–Trinajstić information content (AvgIpc) is 3.08. The molecule has 3 rings (SSSR count). The number of benzene rings is 1. The van der Waals surface area contributed by atoms with Gasteiger partial charge >= 0.3 is 18.1 Å². The lowest BCUT2D eigenvalue weighted by Crippen LogP contribution is -2.42. The summed E-state index contributed by atoms with van der Waals surface area (Å²) in [5.74, 6) is -0.121. The highest BCUT2D eigenvalue weighted by atomic mass is 16.6. The monoisotopic (exact) mass is 473 g/mol. The van der Waals surface area contributed by atoms with Gasteiger partial charge in [-0.2, -0.15) is 0 Å². The Balaban J connectivity index is 1.47. The van der Waals surface area contributed by atoms with Crippen molar-refractivity contribution in [2.75, 3.05) is 38.2 Å². The summed E-state index contributed by atoms with van der Waals surface area (Å²) in [5.41, 5.74) is 1.11. The molecule has 0 aromatic heterocycles. The molecule has 0 spiro atoms. The normalized spacial score (nSPS) is 17.4. The molecule has 186 valence electrons. The van der Waals surface area contributed by atoms with Gasteiger partial charge < -0.3 is 14.4 Å². The van der Waals surface area contributed by atoms with Crippen molar-refractivity contribution in [2.24, 2.45) is 5.92 Å². The molecule has 0 aliphatic carbocycles. The largest absolute Gasteiger partial charge is 0.469 e. The lowest BCUT2D eigenvalue weighted by atomic mass is 9.93. The van der Waals surface area contributed by atoms with Crippen LogP contribution in [0.5, 0.6) is 0 Å². The number of aryl methyl sites for hydroxylation is 1. The number of carbonyl (C=O) groups excluding carboxylic acids is 4. The van der Waals surface area contributed by atoms with Gasteiger partial charge in [0.05, 0.1) is 7.11 Å². The molecule has 9 nitrogen and oxygen atoms in total.